The van der Waals surface area contributed by atoms with Crippen molar-refractivity contribution in [1.29, 1.82) is 0 Å². The number of aryl methyl sites for hydroxylation is 1. The molecule has 7 nitrogen and oxygen atoms in total. The van der Waals surface area contributed by atoms with Gasteiger partial charge in [-0.05, 0) is 39.3 Å². The molecular formula is C19H25N3O4. The third-order valence-electron chi connectivity index (χ3n) is 3.67. The van der Waals surface area contributed by atoms with Crippen LogP contribution in [-0.2, 0) is 4.74 Å². The Hall–Kier alpha value is -2.67. The molecule has 0 spiro atoms. The Morgan fingerprint density at radius 3 is 2.58 bits per heavy atom. The zero-order valence-electron chi connectivity index (χ0n) is 15.6. The smallest absolute Gasteiger partial charge is 0.275 e. The molecule has 1 heterocycles. The van der Waals surface area contributed by atoms with E-state index in [0.717, 1.165) is 5.56 Å². The van der Waals surface area contributed by atoms with E-state index in [4.69, 9.17) is 9.47 Å². The zero-order chi connectivity index (χ0) is 19.1. The van der Waals surface area contributed by atoms with Gasteiger partial charge in [0.2, 0.25) is 0 Å². The molecule has 140 valence electrons. The number of carbonyl (C=O) groups is 1. The standard InChI is InChI=1S/C19H25N3O4/c1-13(2)26-11-5-10-20-19(24)18-16(25-4)12-17(23)22(21-18)15-8-6-14(3)7-9-15/h6-9,12-13H,5,10-11H2,1-4H3,(H,20,24). The lowest BCUT2D eigenvalue weighted by Gasteiger charge is -2.12. The molecule has 7 heteroatoms. The van der Waals surface area contributed by atoms with Crippen LogP contribution in [0, 0.1) is 6.92 Å². The number of aromatic nitrogens is 2. The highest BCUT2D eigenvalue weighted by Gasteiger charge is 2.17. The molecule has 0 aliphatic rings. The minimum Gasteiger partial charge on any atom is -0.494 e. The molecular weight excluding hydrogens is 334 g/mol. The summed E-state index contributed by atoms with van der Waals surface area (Å²) in [5.74, 6) is -0.249. The topological polar surface area (TPSA) is 82.5 Å². The molecule has 1 N–H and O–H groups in total. The molecule has 2 rings (SSSR count). The van der Waals surface area contributed by atoms with Gasteiger partial charge in [0.15, 0.2) is 11.4 Å². The molecule has 0 bridgehead atoms. The van der Waals surface area contributed by atoms with E-state index < -0.39 is 5.91 Å². The first-order valence-corrected chi connectivity index (χ1v) is 8.57. The van der Waals surface area contributed by atoms with Crippen LogP contribution in [0.4, 0.5) is 0 Å². The fourth-order valence-electron chi connectivity index (χ4n) is 2.30. The molecule has 0 saturated heterocycles. The fourth-order valence-corrected chi connectivity index (χ4v) is 2.30. The van der Waals surface area contributed by atoms with E-state index in [1.165, 1.54) is 17.9 Å². The minimum absolute atomic E-state index is 0.0671. The number of carbonyl (C=O) groups excluding carboxylic acids is 1. The SMILES string of the molecule is COc1cc(=O)n(-c2ccc(C)cc2)nc1C(=O)NCCCOC(C)C. The highest BCUT2D eigenvalue weighted by atomic mass is 16.5. The van der Waals surface area contributed by atoms with Gasteiger partial charge in [0.05, 0.1) is 25.0 Å². The van der Waals surface area contributed by atoms with Crippen LogP contribution in [0.15, 0.2) is 35.1 Å². The van der Waals surface area contributed by atoms with Gasteiger partial charge in [-0.2, -0.15) is 9.78 Å². The Morgan fingerprint density at radius 1 is 1.27 bits per heavy atom. The van der Waals surface area contributed by atoms with Crippen molar-refractivity contribution in [2.45, 2.75) is 33.3 Å². The quantitative estimate of drug-likeness (QED) is 0.730. The van der Waals surface area contributed by atoms with E-state index in [2.05, 4.69) is 10.4 Å². The lowest BCUT2D eigenvalue weighted by atomic mass is 10.2. The van der Waals surface area contributed by atoms with Gasteiger partial charge in [-0.15, -0.1) is 0 Å². The van der Waals surface area contributed by atoms with Crippen LogP contribution >= 0.6 is 0 Å². The van der Waals surface area contributed by atoms with Crippen molar-refractivity contribution in [1.82, 2.24) is 15.1 Å². The number of methoxy groups -OCH3 is 1. The number of rotatable bonds is 8. The summed E-state index contributed by atoms with van der Waals surface area (Å²) in [7, 11) is 1.40. The summed E-state index contributed by atoms with van der Waals surface area (Å²) in [4.78, 5) is 24.8. The Labute approximate surface area is 152 Å². The van der Waals surface area contributed by atoms with E-state index >= 15 is 0 Å². The van der Waals surface area contributed by atoms with Crippen LogP contribution in [0.3, 0.4) is 0 Å². The number of amides is 1. The van der Waals surface area contributed by atoms with Crippen molar-refractivity contribution in [3.8, 4) is 11.4 Å². The van der Waals surface area contributed by atoms with Gasteiger partial charge in [-0.3, -0.25) is 9.59 Å². The van der Waals surface area contributed by atoms with E-state index in [9.17, 15) is 9.59 Å². The van der Waals surface area contributed by atoms with Crippen LogP contribution in [0.1, 0.15) is 36.3 Å². The van der Waals surface area contributed by atoms with Crippen molar-refractivity contribution < 1.29 is 14.3 Å². The molecule has 0 aliphatic heterocycles. The van der Waals surface area contributed by atoms with Crippen molar-refractivity contribution in [2.24, 2.45) is 0 Å². The summed E-state index contributed by atoms with van der Waals surface area (Å²) in [6.07, 6.45) is 0.842. The Morgan fingerprint density at radius 2 is 1.96 bits per heavy atom. The molecule has 1 aromatic carbocycles. The van der Waals surface area contributed by atoms with Gasteiger partial charge < -0.3 is 14.8 Å². The maximum Gasteiger partial charge on any atom is 0.275 e. The number of ether oxygens (including phenoxy) is 2. The second-order valence-corrected chi connectivity index (χ2v) is 6.18. The predicted molar refractivity (Wildman–Crippen MR) is 99.2 cm³/mol. The number of nitrogens with zero attached hydrogens (tertiary/aromatic N) is 2. The van der Waals surface area contributed by atoms with E-state index in [1.807, 2.05) is 32.9 Å². The predicted octanol–water partition coefficient (Wildman–Crippen LogP) is 2.09. The normalized spacial score (nSPS) is 10.8. The molecule has 1 aromatic heterocycles. The zero-order valence-corrected chi connectivity index (χ0v) is 15.6. The highest BCUT2D eigenvalue weighted by molar-refractivity contribution is 5.94. The Balaban J connectivity index is 2.18. The number of hydrogen-bond donors (Lipinski definition) is 1. The third-order valence-corrected chi connectivity index (χ3v) is 3.67. The molecule has 26 heavy (non-hydrogen) atoms. The molecule has 0 fully saturated rings. The lowest BCUT2D eigenvalue weighted by molar-refractivity contribution is 0.0756. The molecule has 2 aromatic rings. The Kier molecular flexibility index (Phi) is 6.91. The summed E-state index contributed by atoms with van der Waals surface area (Å²) < 4.78 is 11.8. The monoisotopic (exact) mass is 359 g/mol. The first-order valence-electron chi connectivity index (χ1n) is 8.57. The van der Waals surface area contributed by atoms with Gasteiger partial charge in [-0.25, -0.2) is 0 Å². The second-order valence-electron chi connectivity index (χ2n) is 6.18. The number of nitrogens with one attached hydrogen (secondary N) is 1. The first-order chi connectivity index (χ1) is 12.4. The van der Waals surface area contributed by atoms with Crippen molar-refractivity contribution >= 4 is 5.91 Å². The average molecular weight is 359 g/mol. The maximum absolute atomic E-state index is 12.5. The van der Waals surface area contributed by atoms with Gasteiger partial charge in [0.1, 0.15) is 0 Å². The highest BCUT2D eigenvalue weighted by Crippen LogP contribution is 2.14. The molecule has 0 unspecified atom stereocenters. The van der Waals surface area contributed by atoms with Crippen molar-refractivity contribution in [3.05, 3.63) is 51.9 Å². The molecule has 0 radical (unpaired) electrons. The summed E-state index contributed by atoms with van der Waals surface area (Å²) in [6.45, 7) is 6.88. The molecule has 0 atom stereocenters. The maximum atomic E-state index is 12.5. The van der Waals surface area contributed by atoms with Gasteiger partial charge in [-0.1, -0.05) is 17.7 Å². The first kappa shape index (κ1) is 19.7. The van der Waals surface area contributed by atoms with Crippen LogP contribution in [0.5, 0.6) is 5.75 Å². The Bertz CT molecular complexity index is 797. The second kappa shape index (κ2) is 9.15. The number of benzene rings is 1. The van der Waals surface area contributed by atoms with Crippen LogP contribution in [0.2, 0.25) is 0 Å². The third kappa shape index (κ3) is 5.16. The summed E-state index contributed by atoms with van der Waals surface area (Å²) in [5.41, 5.74) is 1.35. The van der Waals surface area contributed by atoms with Crippen molar-refractivity contribution in [2.75, 3.05) is 20.3 Å². The number of hydrogen-bond acceptors (Lipinski definition) is 5. The minimum atomic E-state index is -0.396. The van der Waals surface area contributed by atoms with Crippen LogP contribution in [-0.4, -0.2) is 42.1 Å². The lowest BCUT2D eigenvalue weighted by Crippen LogP contribution is -2.31. The summed E-state index contributed by atoms with van der Waals surface area (Å²) in [5, 5.41) is 6.98. The molecule has 1 amide bonds. The molecule has 0 saturated carbocycles. The summed E-state index contributed by atoms with van der Waals surface area (Å²) in [6, 6.07) is 8.58. The average Bonchev–Trinajstić information content (AvgIpc) is 2.61. The van der Waals surface area contributed by atoms with Gasteiger partial charge >= 0.3 is 0 Å². The van der Waals surface area contributed by atoms with Crippen LogP contribution in [0.25, 0.3) is 5.69 Å². The van der Waals surface area contributed by atoms with Gasteiger partial charge in [0, 0.05) is 13.2 Å². The van der Waals surface area contributed by atoms with Crippen LogP contribution < -0.4 is 15.6 Å². The van der Waals surface area contributed by atoms with Crippen molar-refractivity contribution in [3.63, 3.8) is 0 Å². The fraction of sp³-hybridized carbons (Fsp3) is 0.421. The summed E-state index contributed by atoms with van der Waals surface area (Å²) >= 11 is 0. The largest absolute Gasteiger partial charge is 0.494 e. The molecule has 0 aliphatic carbocycles. The van der Waals surface area contributed by atoms with E-state index in [-0.39, 0.29) is 23.1 Å². The van der Waals surface area contributed by atoms with Gasteiger partial charge in [0.25, 0.3) is 11.5 Å². The van der Waals surface area contributed by atoms with E-state index in [1.54, 1.807) is 12.1 Å². The van der Waals surface area contributed by atoms with E-state index in [0.29, 0.717) is 25.3 Å².